The molecule has 0 aliphatic carbocycles. The third-order valence-corrected chi connectivity index (χ3v) is 13.1. The standard InChI is InChI=1S/C61H105NO10/c1-3-5-7-9-11-13-14-15-16-23-26-29-33-37-41-45-49-57(66)70-50-46-42-38-34-30-27-24-21-19-17-18-20-22-25-28-32-36-40-44-48-56(65)62-53(54(64)47-43-39-35-31-12-10-8-6-4-2)52-71-61-60(69)59(68)58(67)55(51-63)72-61/h4,6,12-14,16,21,23-24,27,30-31,43,47,53-55,58-61,63-64,67-69H,3,5,7-11,15,17-20,22,25-26,28-29,32-42,44-46,48-52H2,1-2H3,(H,62,65)/b6-4+,14-13-,23-16-,24-21-,30-27-,31-12+,47-43+. The molecule has 0 aromatic carbocycles. The zero-order valence-corrected chi connectivity index (χ0v) is 45.4. The predicted molar refractivity (Wildman–Crippen MR) is 296 cm³/mol. The first-order valence-corrected chi connectivity index (χ1v) is 28.8. The molecule has 0 bridgehead atoms. The number of aliphatic hydroxyl groups excluding tert-OH is 5. The number of aliphatic hydroxyl groups is 5. The van der Waals surface area contributed by atoms with Crippen LogP contribution in [0.5, 0.6) is 0 Å². The van der Waals surface area contributed by atoms with Gasteiger partial charge in [0, 0.05) is 12.8 Å². The second-order valence-corrected chi connectivity index (χ2v) is 19.7. The fraction of sp³-hybridized carbons (Fsp3) is 0.738. The molecule has 0 aromatic heterocycles. The van der Waals surface area contributed by atoms with E-state index in [-0.39, 0.29) is 18.5 Å². The van der Waals surface area contributed by atoms with Crippen molar-refractivity contribution in [1.29, 1.82) is 0 Å². The first-order chi connectivity index (χ1) is 35.2. The van der Waals surface area contributed by atoms with Crippen LogP contribution in [0.4, 0.5) is 0 Å². The normalized spacial score (nSPS) is 19.7. The highest BCUT2D eigenvalue weighted by Crippen LogP contribution is 2.23. The fourth-order valence-corrected chi connectivity index (χ4v) is 8.43. The van der Waals surface area contributed by atoms with Crippen molar-refractivity contribution in [3.05, 3.63) is 85.1 Å². The van der Waals surface area contributed by atoms with E-state index in [1.807, 2.05) is 19.1 Å². The SMILES string of the molecule is C/C=C/CC/C=C/CC/C=C/C(O)C(COC1OC(CO)C(O)C(O)C1O)NC(=O)CCCCCCCCCCCC/C=C\C=C/CCCCCOC(=O)CCCCCCC/C=C\C/C=C\CCCCCC. The van der Waals surface area contributed by atoms with E-state index in [0.717, 1.165) is 103 Å². The number of hydrogen-bond acceptors (Lipinski definition) is 10. The molecule has 1 rings (SSSR count). The lowest BCUT2D eigenvalue weighted by atomic mass is 9.99. The minimum Gasteiger partial charge on any atom is -0.466 e. The summed E-state index contributed by atoms with van der Waals surface area (Å²) >= 11 is 0. The first kappa shape index (κ1) is 66.9. The highest BCUT2D eigenvalue weighted by Gasteiger charge is 2.44. The molecule has 1 saturated heterocycles. The van der Waals surface area contributed by atoms with Gasteiger partial charge in [-0.3, -0.25) is 9.59 Å². The third kappa shape index (κ3) is 39.3. The van der Waals surface area contributed by atoms with Gasteiger partial charge in [0.2, 0.25) is 5.91 Å². The van der Waals surface area contributed by atoms with Crippen LogP contribution >= 0.6 is 0 Å². The maximum Gasteiger partial charge on any atom is 0.305 e. The van der Waals surface area contributed by atoms with Gasteiger partial charge < -0.3 is 45.1 Å². The van der Waals surface area contributed by atoms with Crippen LogP contribution in [0.3, 0.4) is 0 Å². The van der Waals surface area contributed by atoms with Gasteiger partial charge in [-0.25, -0.2) is 0 Å². The minimum atomic E-state index is -1.59. The number of amides is 1. The molecule has 0 radical (unpaired) electrons. The molecule has 1 aliphatic rings. The van der Waals surface area contributed by atoms with Gasteiger partial charge in [0.1, 0.15) is 24.4 Å². The molecule has 0 spiro atoms. The lowest BCUT2D eigenvalue weighted by Gasteiger charge is -2.40. The van der Waals surface area contributed by atoms with Crippen LogP contribution in [0.25, 0.3) is 0 Å². The van der Waals surface area contributed by atoms with Gasteiger partial charge >= 0.3 is 5.97 Å². The number of nitrogens with one attached hydrogen (secondary N) is 1. The molecule has 72 heavy (non-hydrogen) atoms. The summed E-state index contributed by atoms with van der Waals surface area (Å²) in [7, 11) is 0. The zero-order valence-electron chi connectivity index (χ0n) is 45.4. The van der Waals surface area contributed by atoms with Crippen molar-refractivity contribution >= 4 is 11.9 Å². The summed E-state index contributed by atoms with van der Waals surface area (Å²) in [6.45, 7) is 3.99. The summed E-state index contributed by atoms with van der Waals surface area (Å²) in [5.41, 5.74) is 0. The quantitative estimate of drug-likeness (QED) is 0.0149. The molecule has 11 nitrogen and oxygen atoms in total. The van der Waals surface area contributed by atoms with E-state index in [1.54, 1.807) is 6.08 Å². The number of ether oxygens (including phenoxy) is 3. The van der Waals surface area contributed by atoms with Crippen LogP contribution in [0.15, 0.2) is 85.1 Å². The summed E-state index contributed by atoms with van der Waals surface area (Å²) in [4.78, 5) is 25.0. The fourth-order valence-electron chi connectivity index (χ4n) is 8.43. The maximum atomic E-state index is 13.0. The molecule has 6 N–H and O–H groups in total. The molecule has 0 saturated carbocycles. The van der Waals surface area contributed by atoms with Crippen LogP contribution in [-0.2, 0) is 23.8 Å². The van der Waals surface area contributed by atoms with E-state index in [1.165, 1.54) is 89.9 Å². The van der Waals surface area contributed by atoms with Gasteiger partial charge in [-0.15, -0.1) is 0 Å². The largest absolute Gasteiger partial charge is 0.466 e. The van der Waals surface area contributed by atoms with Crippen LogP contribution in [0, 0.1) is 0 Å². The molecule has 0 aromatic rings. The van der Waals surface area contributed by atoms with E-state index in [0.29, 0.717) is 25.9 Å². The highest BCUT2D eigenvalue weighted by atomic mass is 16.7. The number of esters is 1. The van der Waals surface area contributed by atoms with Crippen LogP contribution in [0.2, 0.25) is 0 Å². The van der Waals surface area contributed by atoms with Gasteiger partial charge in [0.25, 0.3) is 0 Å². The summed E-state index contributed by atoms with van der Waals surface area (Å²) in [6.07, 6.45) is 57.0. The Kier molecular flexibility index (Phi) is 46.4. The van der Waals surface area contributed by atoms with E-state index in [2.05, 4.69) is 79.1 Å². The van der Waals surface area contributed by atoms with Crippen molar-refractivity contribution in [3.8, 4) is 0 Å². The van der Waals surface area contributed by atoms with Gasteiger partial charge in [0.15, 0.2) is 6.29 Å². The Bertz CT molecular complexity index is 1470. The molecule has 1 amide bonds. The van der Waals surface area contributed by atoms with Gasteiger partial charge in [-0.05, 0) is 116 Å². The molecule has 7 unspecified atom stereocenters. The Hall–Kier alpha value is -3.16. The summed E-state index contributed by atoms with van der Waals surface area (Å²) < 4.78 is 16.6. The van der Waals surface area contributed by atoms with Gasteiger partial charge in [-0.2, -0.15) is 0 Å². The molecule has 11 heteroatoms. The Morgan fingerprint density at radius 3 is 1.61 bits per heavy atom. The predicted octanol–water partition coefficient (Wildman–Crippen LogP) is 13.0. The maximum absolute atomic E-state index is 13.0. The van der Waals surface area contributed by atoms with E-state index >= 15 is 0 Å². The summed E-state index contributed by atoms with van der Waals surface area (Å²) in [6, 6.07) is -0.843. The van der Waals surface area contributed by atoms with Crippen molar-refractivity contribution in [1.82, 2.24) is 5.32 Å². The van der Waals surface area contributed by atoms with E-state index < -0.39 is 49.5 Å². The first-order valence-electron chi connectivity index (χ1n) is 28.8. The van der Waals surface area contributed by atoms with Crippen molar-refractivity contribution in [3.63, 3.8) is 0 Å². The highest BCUT2D eigenvalue weighted by molar-refractivity contribution is 5.76. The number of hydrogen-bond donors (Lipinski definition) is 6. The molecule has 1 fully saturated rings. The van der Waals surface area contributed by atoms with Crippen molar-refractivity contribution in [2.75, 3.05) is 19.8 Å². The van der Waals surface area contributed by atoms with Crippen molar-refractivity contribution < 1.29 is 49.3 Å². The second-order valence-electron chi connectivity index (χ2n) is 19.7. The Morgan fingerprint density at radius 1 is 0.556 bits per heavy atom. The third-order valence-electron chi connectivity index (χ3n) is 13.1. The lowest BCUT2D eigenvalue weighted by molar-refractivity contribution is -0.302. The van der Waals surface area contributed by atoms with Crippen LogP contribution < -0.4 is 5.32 Å². The van der Waals surface area contributed by atoms with E-state index in [4.69, 9.17) is 14.2 Å². The molecular formula is C61H105NO10. The number of carbonyl (C=O) groups excluding carboxylic acids is 2. The molecule has 1 aliphatic heterocycles. The monoisotopic (exact) mass is 1010 g/mol. The molecule has 414 valence electrons. The second kappa shape index (κ2) is 50.0. The topological polar surface area (TPSA) is 175 Å². The van der Waals surface area contributed by atoms with Crippen LogP contribution in [-0.4, -0.2) is 100 Å². The Labute approximate surface area is 438 Å². The summed E-state index contributed by atoms with van der Waals surface area (Å²) in [5, 5.41) is 54.1. The van der Waals surface area contributed by atoms with Crippen molar-refractivity contribution in [2.45, 2.75) is 269 Å². The number of rotatable bonds is 48. The Balaban J connectivity index is 2.07. The number of carbonyl (C=O) groups is 2. The lowest BCUT2D eigenvalue weighted by Crippen LogP contribution is -2.60. The Morgan fingerprint density at radius 2 is 1.04 bits per heavy atom. The minimum absolute atomic E-state index is 0.0443. The zero-order chi connectivity index (χ0) is 52.4. The average Bonchev–Trinajstić information content (AvgIpc) is 3.38. The molecule has 7 atom stereocenters. The average molecular weight is 1010 g/mol. The summed E-state index contributed by atoms with van der Waals surface area (Å²) in [5.74, 6) is -0.257. The van der Waals surface area contributed by atoms with Gasteiger partial charge in [0.05, 0.1) is 32.0 Å². The molecule has 1 heterocycles. The van der Waals surface area contributed by atoms with Crippen LogP contribution in [0.1, 0.15) is 226 Å². The van der Waals surface area contributed by atoms with Gasteiger partial charge in [-0.1, -0.05) is 182 Å². The smallest absolute Gasteiger partial charge is 0.305 e. The molecular weight excluding hydrogens is 907 g/mol. The van der Waals surface area contributed by atoms with E-state index in [9.17, 15) is 35.1 Å². The number of allylic oxidation sites excluding steroid dienone is 13. The number of unbranched alkanes of at least 4 members (excludes halogenated alkanes) is 24. The van der Waals surface area contributed by atoms with Crippen molar-refractivity contribution in [2.24, 2.45) is 0 Å².